The largest absolute Gasteiger partial charge is 0.441 e. The number of pyridine rings is 1. The van der Waals surface area contributed by atoms with Gasteiger partial charge < -0.3 is 9.47 Å². The number of hydrogen-bond acceptors (Lipinski definition) is 4. The molecule has 1 atom stereocenters. The first-order chi connectivity index (χ1) is 13.3. The molecule has 0 bridgehead atoms. The highest BCUT2D eigenvalue weighted by atomic mass is 16.6. The van der Waals surface area contributed by atoms with E-state index in [0.717, 1.165) is 22.4 Å². The predicted octanol–water partition coefficient (Wildman–Crippen LogP) is 4.29. The van der Waals surface area contributed by atoms with Crippen molar-refractivity contribution in [2.45, 2.75) is 12.7 Å². The molecule has 4 rings (SSSR count). The van der Waals surface area contributed by atoms with Crippen molar-refractivity contribution in [1.82, 2.24) is 4.98 Å². The molecule has 1 fully saturated rings. The highest BCUT2D eigenvalue weighted by molar-refractivity contribution is 5.90. The lowest BCUT2D eigenvalue weighted by Crippen LogP contribution is -2.25. The maximum Gasteiger partial charge on any atom is 0.414 e. The van der Waals surface area contributed by atoms with Crippen molar-refractivity contribution in [3.63, 3.8) is 0 Å². The van der Waals surface area contributed by atoms with Gasteiger partial charge in [0.05, 0.1) is 19.8 Å². The van der Waals surface area contributed by atoms with Crippen LogP contribution in [-0.2, 0) is 16.1 Å². The molecule has 0 spiro atoms. The molecule has 5 heteroatoms. The second-order valence-corrected chi connectivity index (χ2v) is 6.40. The zero-order valence-electron chi connectivity index (χ0n) is 14.8. The van der Waals surface area contributed by atoms with Gasteiger partial charge in [-0.25, -0.2) is 4.79 Å². The van der Waals surface area contributed by atoms with Gasteiger partial charge in [-0.15, -0.1) is 0 Å². The molecule has 1 unspecified atom stereocenters. The van der Waals surface area contributed by atoms with Gasteiger partial charge >= 0.3 is 6.09 Å². The second kappa shape index (κ2) is 8.01. The molecule has 0 radical (unpaired) electrons. The molecule has 2 heterocycles. The number of benzene rings is 2. The second-order valence-electron chi connectivity index (χ2n) is 6.40. The highest BCUT2D eigenvalue weighted by Crippen LogP contribution is 2.26. The fraction of sp³-hybridized carbons (Fsp3) is 0.182. The number of cyclic esters (lactones) is 1. The molecule has 1 aromatic heterocycles. The van der Waals surface area contributed by atoms with Crippen LogP contribution in [0.5, 0.6) is 0 Å². The number of anilines is 1. The molecule has 1 aliphatic heterocycles. The molecule has 5 nitrogen and oxygen atoms in total. The standard InChI is InChI=1S/C22H20N2O3/c25-22-24(14-21(27-22)16-26-15-17-4-2-1-3-5-17)20-8-6-18(7-9-20)19-10-12-23-13-11-19/h1-13,21H,14-16H2. The number of hydrogen-bond donors (Lipinski definition) is 0. The van der Waals surface area contributed by atoms with Crippen LogP contribution in [0, 0.1) is 0 Å². The van der Waals surface area contributed by atoms with Crippen LogP contribution >= 0.6 is 0 Å². The lowest BCUT2D eigenvalue weighted by molar-refractivity contribution is 0.0381. The minimum absolute atomic E-state index is 0.263. The van der Waals surface area contributed by atoms with Crippen LogP contribution in [-0.4, -0.2) is 30.3 Å². The average molecular weight is 360 g/mol. The van der Waals surface area contributed by atoms with Crippen LogP contribution < -0.4 is 4.90 Å². The molecule has 1 saturated heterocycles. The van der Waals surface area contributed by atoms with Gasteiger partial charge in [-0.1, -0.05) is 42.5 Å². The Morgan fingerprint density at radius 1 is 0.963 bits per heavy atom. The number of ether oxygens (including phenoxy) is 2. The van der Waals surface area contributed by atoms with E-state index in [0.29, 0.717) is 19.8 Å². The summed E-state index contributed by atoms with van der Waals surface area (Å²) in [6.45, 7) is 1.38. The quantitative estimate of drug-likeness (QED) is 0.658. The molecule has 27 heavy (non-hydrogen) atoms. The highest BCUT2D eigenvalue weighted by Gasteiger charge is 2.32. The maximum atomic E-state index is 12.2. The van der Waals surface area contributed by atoms with E-state index in [1.807, 2.05) is 66.7 Å². The first kappa shape index (κ1) is 17.2. The third-order valence-electron chi connectivity index (χ3n) is 4.48. The van der Waals surface area contributed by atoms with Crippen molar-refractivity contribution >= 4 is 11.8 Å². The summed E-state index contributed by atoms with van der Waals surface area (Å²) in [5.41, 5.74) is 4.10. The molecule has 0 N–H and O–H groups in total. The summed E-state index contributed by atoms with van der Waals surface area (Å²) in [6.07, 6.45) is 2.93. The Balaban J connectivity index is 1.35. The summed E-state index contributed by atoms with van der Waals surface area (Å²) in [4.78, 5) is 17.9. The molecule has 3 aromatic rings. The molecule has 136 valence electrons. The Kier molecular flexibility index (Phi) is 5.12. The Hall–Kier alpha value is -3.18. The van der Waals surface area contributed by atoms with E-state index >= 15 is 0 Å². The summed E-state index contributed by atoms with van der Waals surface area (Å²) in [5, 5.41) is 0. The van der Waals surface area contributed by atoms with Gasteiger partial charge in [0.2, 0.25) is 0 Å². The van der Waals surface area contributed by atoms with Crippen molar-refractivity contribution in [3.05, 3.63) is 84.7 Å². The molecule has 1 aliphatic rings. The zero-order chi connectivity index (χ0) is 18.5. The first-order valence-electron chi connectivity index (χ1n) is 8.90. The lowest BCUT2D eigenvalue weighted by atomic mass is 10.1. The minimum Gasteiger partial charge on any atom is -0.441 e. The third kappa shape index (κ3) is 4.15. The number of rotatable bonds is 6. The average Bonchev–Trinajstić information content (AvgIpc) is 3.10. The van der Waals surface area contributed by atoms with Crippen LogP contribution in [0.3, 0.4) is 0 Å². The summed E-state index contributed by atoms with van der Waals surface area (Å²) < 4.78 is 11.1. The molecular weight excluding hydrogens is 340 g/mol. The zero-order valence-corrected chi connectivity index (χ0v) is 14.8. The smallest absolute Gasteiger partial charge is 0.414 e. The van der Waals surface area contributed by atoms with Crippen LogP contribution in [0.25, 0.3) is 11.1 Å². The van der Waals surface area contributed by atoms with Gasteiger partial charge in [0.15, 0.2) is 0 Å². The molecule has 1 amide bonds. The van der Waals surface area contributed by atoms with Crippen molar-refractivity contribution in [2.24, 2.45) is 0 Å². The first-order valence-corrected chi connectivity index (χ1v) is 8.90. The van der Waals surface area contributed by atoms with E-state index in [4.69, 9.17) is 9.47 Å². The number of amides is 1. The van der Waals surface area contributed by atoms with Crippen molar-refractivity contribution < 1.29 is 14.3 Å². The van der Waals surface area contributed by atoms with Gasteiger partial charge in [0.1, 0.15) is 6.10 Å². The van der Waals surface area contributed by atoms with E-state index in [1.165, 1.54) is 0 Å². The van der Waals surface area contributed by atoms with Gasteiger partial charge in [-0.3, -0.25) is 9.88 Å². The van der Waals surface area contributed by atoms with E-state index in [1.54, 1.807) is 17.3 Å². The molecule has 0 saturated carbocycles. The Morgan fingerprint density at radius 3 is 2.41 bits per heavy atom. The van der Waals surface area contributed by atoms with Gasteiger partial charge in [0, 0.05) is 18.1 Å². The Bertz CT molecular complexity index is 882. The fourth-order valence-corrected chi connectivity index (χ4v) is 3.08. The van der Waals surface area contributed by atoms with Gasteiger partial charge in [-0.2, -0.15) is 0 Å². The number of nitrogens with zero attached hydrogens (tertiary/aromatic N) is 2. The summed E-state index contributed by atoms with van der Waals surface area (Å²) in [5.74, 6) is 0. The maximum absolute atomic E-state index is 12.2. The van der Waals surface area contributed by atoms with Crippen LogP contribution in [0.4, 0.5) is 10.5 Å². The summed E-state index contributed by atoms with van der Waals surface area (Å²) >= 11 is 0. The minimum atomic E-state index is -0.333. The topological polar surface area (TPSA) is 51.7 Å². The molecule has 2 aromatic carbocycles. The normalized spacial score (nSPS) is 16.4. The Labute approximate surface area is 158 Å². The Morgan fingerprint density at radius 2 is 1.67 bits per heavy atom. The van der Waals surface area contributed by atoms with E-state index in [2.05, 4.69) is 4.98 Å². The molecule has 0 aliphatic carbocycles. The number of carbonyl (C=O) groups is 1. The SMILES string of the molecule is O=C1OC(COCc2ccccc2)CN1c1ccc(-c2ccncc2)cc1. The summed E-state index contributed by atoms with van der Waals surface area (Å²) in [6, 6.07) is 21.7. The number of carbonyl (C=O) groups excluding carboxylic acids is 1. The van der Waals surface area contributed by atoms with E-state index < -0.39 is 0 Å². The monoisotopic (exact) mass is 360 g/mol. The van der Waals surface area contributed by atoms with E-state index in [9.17, 15) is 4.79 Å². The third-order valence-corrected chi connectivity index (χ3v) is 4.48. The molecular formula is C22H20N2O3. The van der Waals surface area contributed by atoms with Crippen LogP contribution in [0.2, 0.25) is 0 Å². The van der Waals surface area contributed by atoms with Gasteiger partial charge in [-0.05, 0) is 41.0 Å². The predicted molar refractivity (Wildman–Crippen MR) is 103 cm³/mol. The van der Waals surface area contributed by atoms with Crippen molar-refractivity contribution in [3.8, 4) is 11.1 Å². The lowest BCUT2D eigenvalue weighted by Gasteiger charge is -2.13. The van der Waals surface area contributed by atoms with Gasteiger partial charge in [0.25, 0.3) is 0 Å². The number of aromatic nitrogens is 1. The fourth-order valence-electron chi connectivity index (χ4n) is 3.08. The van der Waals surface area contributed by atoms with Crippen LogP contribution in [0.15, 0.2) is 79.1 Å². The summed E-state index contributed by atoms with van der Waals surface area (Å²) in [7, 11) is 0. The van der Waals surface area contributed by atoms with Crippen molar-refractivity contribution in [1.29, 1.82) is 0 Å². The van der Waals surface area contributed by atoms with Crippen molar-refractivity contribution in [2.75, 3.05) is 18.1 Å². The van der Waals surface area contributed by atoms with Crippen LogP contribution in [0.1, 0.15) is 5.56 Å². The van der Waals surface area contributed by atoms with E-state index in [-0.39, 0.29) is 12.2 Å².